The van der Waals surface area contributed by atoms with Crippen LogP contribution in [0.1, 0.15) is 30.8 Å². The first-order chi connectivity index (χ1) is 11.4. The number of hydrogen-bond acceptors (Lipinski definition) is 5. The van der Waals surface area contributed by atoms with E-state index in [1.165, 1.54) is 6.07 Å². The Morgan fingerprint density at radius 2 is 2.04 bits per heavy atom. The molecule has 0 spiro atoms. The number of benzene rings is 1. The van der Waals surface area contributed by atoms with Gasteiger partial charge in [0.05, 0.1) is 0 Å². The number of ether oxygens (including phenoxy) is 1. The summed E-state index contributed by atoms with van der Waals surface area (Å²) in [5.74, 6) is -1.59. The molecule has 1 heterocycles. The van der Waals surface area contributed by atoms with E-state index >= 15 is 0 Å². The summed E-state index contributed by atoms with van der Waals surface area (Å²) in [7, 11) is 0. The zero-order valence-electron chi connectivity index (χ0n) is 13.2. The lowest BCUT2D eigenvalue weighted by molar-refractivity contribution is -0.123. The molecule has 1 atom stereocenters. The second-order valence-corrected chi connectivity index (χ2v) is 5.64. The number of amides is 3. The van der Waals surface area contributed by atoms with Crippen molar-refractivity contribution in [2.24, 2.45) is 0 Å². The highest BCUT2D eigenvalue weighted by molar-refractivity contribution is 6.31. The van der Waals surface area contributed by atoms with Crippen LogP contribution in [0, 0.1) is 0 Å². The van der Waals surface area contributed by atoms with Crippen molar-refractivity contribution in [1.29, 1.82) is 0 Å². The van der Waals surface area contributed by atoms with E-state index in [9.17, 15) is 14.4 Å². The normalized spacial score (nSPS) is 11.8. The molecule has 7 nitrogen and oxygen atoms in total. The van der Waals surface area contributed by atoms with Crippen LogP contribution < -0.4 is 10.6 Å². The Kier molecular flexibility index (Phi) is 5.81. The minimum atomic E-state index is -0.806. The van der Waals surface area contributed by atoms with Crippen LogP contribution in [-0.2, 0) is 9.53 Å². The number of imide groups is 1. The van der Waals surface area contributed by atoms with Crippen LogP contribution in [-0.4, -0.2) is 30.6 Å². The maximum Gasteiger partial charge on any atom is 0.374 e. The van der Waals surface area contributed by atoms with Gasteiger partial charge in [0, 0.05) is 16.5 Å². The summed E-state index contributed by atoms with van der Waals surface area (Å²) in [6, 6.07) is 5.67. The zero-order valence-corrected chi connectivity index (χ0v) is 14.0. The second-order valence-electron chi connectivity index (χ2n) is 5.20. The van der Waals surface area contributed by atoms with E-state index in [0.29, 0.717) is 16.0 Å². The van der Waals surface area contributed by atoms with Crippen molar-refractivity contribution in [3.63, 3.8) is 0 Å². The lowest BCUT2D eigenvalue weighted by Crippen LogP contribution is -2.44. The molecule has 0 radical (unpaired) electrons. The number of nitrogens with one attached hydrogen (secondary N) is 2. The van der Waals surface area contributed by atoms with Gasteiger partial charge in [0.2, 0.25) is 5.76 Å². The van der Waals surface area contributed by atoms with Gasteiger partial charge in [0.25, 0.3) is 5.91 Å². The van der Waals surface area contributed by atoms with E-state index in [0.717, 1.165) is 6.42 Å². The van der Waals surface area contributed by atoms with Crippen LogP contribution in [0.25, 0.3) is 11.0 Å². The lowest BCUT2D eigenvalue weighted by atomic mass is 10.2. The van der Waals surface area contributed by atoms with E-state index in [1.807, 2.05) is 6.92 Å². The van der Waals surface area contributed by atoms with Crippen molar-refractivity contribution in [2.45, 2.75) is 26.3 Å². The average Bonchev–Trinajstić information content (AvgIpc) is 2.95. The van der Waals surface area contributed by atoms with Gasteiger partial charge in [-0.25, -0.2) is 9.59 Å². The van der Waals surface area contributed by atoms with Crippen molar-refractivity contribution >= 4 is 40.5 Å². The third-order valence-corrected chi connectivity index (χ3v) is 3.49. The summed E-state index contributed by atoms with van der Waals surface area (Å²) in [5.41, 5.74) is 0.476. The molecule has 1 aromatic heterocycles. The summed E-state index contributed by atoms with van der Waals surface area (Å²) in [4.78, 5) is 34.9. The van der Waals surface area contributed by atoms with Gasteiger partial charge in [-0.15, -0.1) is 0 Å². The third-order valence-electron chi connectivity index (χ3n) is 3.26. The number of hydrogen-bond donors (Lipinski definition) is 2. The van der Waals surface area contributed by atoms with Crippen molar-refractivity contribution < 1.29 is 23.5 Å². The van der Waals surface area contributed by atoms with E-state index in [4.69, 9.17) is 20.8 Å². The number of urea groups is 1. The highest BCUT2D eigenvalue weighted by atomic mass is 35.5. The Morgan fingerprint density at radius 1 is 1.29 bits per heavy atom. The van der Waals surface area contributed by atoms with Gasteiger partial charge in [-0.1, -0.05) is 18.5 Å². The molecular weight excluding hydrogens is 336 g/mol. The molecule has 128 valence electrons. The molecule has 0 saturated carbocycles. The Hall–Kier alpha value is -2.54. The van der Waals surface area contributed by atoms with E-state index < -0.39 is 24.5 Å². The molecule has 1 aromatic carbocycles. The van der Waals surface area contributed by atoms with Crippen LogP contribution in [0.3, 0.4) is 0 Å². The summed E-state index contributed by atoms with van der Waals surface area (Å²) in [6.07, 6.45) is 0.729. The van der Waals surface area contributed by atoms with Gasteiger partial charge in [0.15, 0.2) is 6.61 Å². The summed E-state index contributed by atoms with van der Waals surface area (Å²) in [6.45, 7) is 3.11. The molecule has 3 amide bonds. The molecule has 8 heteroatoms. The lowest BCUT2D eigenvalue weighted by Gasteiger charge is -2.11. The minimum absolute atomic E-state index is 0.0517. The number of halogens is 1. The summed E-state index contributed by atoms with van der Waals surface area (Å²) < 4.78 is 10.1. The number of esters is 1. The predicted molar refractivity (Wildman–Crippen MR) is 87.9 cm³/mol. The first-order valence-corrected chi connectivity index (χ1v) is 7.73. The molecule has 0 fully saturated rings. The van der Waals surface area contributed by atoms with Crippen molar-refractivity contribution in [3.05, 3.63) is 35.0 Å². The molecule has 0 saturated heterocycles. The Bertz CT molecular complexity index is 771. The number of fused-ring (bicyclic) bond motifs is 1. The molecule has 0 aliphatic heterocycles. The van der Waals surface area contributed by atoms with E-state index in [-0.39, 0.29) is 11.8 Å². The molecule has 0 aliphatic carbocycles. The van der Waals surface area contributed by atoms with Crippen LogP contribution in [0.4, 0.5) is 4.79 Å². The van der Waals surface area contributed by atoms with Gasteiger partial charge in [-0.3, -0.25) is 10.1 Å². The number of rotatable bonds is 5. The Labute approximate surface area is 143 Å². The third kappa shape index (κ3) is 4.73. The maximum atomic E-state index is 11.9. The quantitative estimate of drug-likeness (QED) is 0.806. The average molecular weight is 353 g/mol. The molecule has 2 aromatic rings. The smallest absolute Gasteiger partial charge is 0.374 e. The molecule has 0 bridgehead atoms. The minimum Gasteiger partial charge on any atom is -0.450 e. The highest BCUT2D eigenvalue weighted by Gasteiger charge is 2.17. The fourth-order valence-corrected chi connectivity index (χ4v) is 2.02. The monoisotopic (exact) mass is 352 g/mol. The first-order valence-electron chi connectivity index (χ1n) is 7.35. The van der Waals surface area contributed by atoms with Crippen LogP contribution in [0.2, 0.25) is 5.02 Å². The van der Waals surface area contributed by atoms with Gasteiger partial charge >= 0.3 is 12.0 Å². The molecule has 2 N–H and O–H groups in total. The van der Waals surface area contributed by atoms with E-state index in [1.54, 1.807) is 25.1 Å². The van der Waals surface area contributed by atoms with Crippen molar-refractivity contribution in [3.8, 4) is 0 Å². The van der Waals surface area contributed by atoms with E-state index in [2.05, 4.69) is 10.6 Å². The van der Waals surface area contributed by atoms with Gasteiger partial charge < -0.3 is 14.5 Å². The SMILES string of the molecule is CC[C@H](C)NC(=O)NC(=O)COC(=O)c1cc2cc(Cl)ccc2o1. The Balaban J connectivity index is 1.87. The number of furan rings is 1. The zero-order chi connectivity index (χ0) is 17.7. The molecule has 0 unspecified atom stereocenters. The van der Waals surface area contributed by atoms with Crippen molar-refractivity contribution in [2.75, 3.05) is 6.61 Å². The second kappa shape index (κ2) is 7.83. The van der Waals surface area contributed by atoms with Gasteiger partial charge in [-0.2, -0.15) is 0 Å². The Morgan fingerprint density at radius 3 is 2.75 bits per heavy atom. The summed E-state index contributed by atoms with van der Waals surface area (Å²) >= 11 is 5.86. The fourth-order valence-electron chi connectivity index (χ4n) is 1.84. The largest absolute Gasteiger partial charge is 0.450 e. The first kappa shape index (κ1) is 17.8. The highest BCUT2D eigenvalue weighted by Crippen LogP contribution is 2.23. The van der Waals surface area contributed by atoms with Crippen LogP contribution in [0.5, 0.6) is 0 Å². The summed E-state index contributed by atoms with van der Waals surface area (Å²) in [5, 5.41) is 5.79. The topological polar surface area (TPSA) is 97.6 Å². The van der Waals surface area contributed by atoms with Crippen molar-refractivity contribution in [1.82, 2.24) is 10.6 Å². The van der Waals surface area contributed by atoms with Gasteiger partial charge in [-0.05, 0) is 37.6 Å². The molecule has 2 rings (SSSR count). The maximum absolute atomic E-state index is 11.9. The fraction of sp³-hybridized carbons (Fsp3) is 0.312. The molecule has 0 aliphatic rings. The standard InChI is InChI=1S/C16H17ClN2O5/c1-3-9(2)18-16(22)19-14(20)8-23-15(21)13-7-10-6-11(17)4-5-12(10)24-13/h4-7,9H,3,8H2,1-2H3,(H2,18,19,20,22)/t9-/m0/s1. The number of carbonyl (C=O) groups excluding carboxylic acids is 3. The number of carbonyl (C=O) groups is 3. The molecule has 24 heavy (non-hydrogen) atoms. The van der Waals surface area contributed by atoms with Gasteiger partial charge in [0.1, 0.15) is 5.58 Å². The molecular formula is C16H17ClN2O5. The van der Waals surface area contributed by atoms with Crippen LogP contribution >= 0.6 is 11.6 Å². The van der Waals surface area contributed by atoms with Crippen LogP contribution in [0.15, 0.2) is 28.7 Å². The predicted octanol–water partition coefficient (Wildman–Crippen LogP) is 2.87.